The second-order valence-electron chi connectivity index (χ2n) is 7.40. The Labute approximate surface area is 161 Å². The summed E-state index contributed by atoms with van der Waals surface area (Å²) < 4.78 is 40.3. The topological polar surface area (TPSA) is 49.8 Å². The van der Waals surface area contributed by atoms with Crippen LogP contribution < -0.4 is 10.6 Å². The van der Waals surface area contributed by atoms with Crippen LogP contribution >= 0.6 is 0 Å². The molecule has 0 unspecified atom stereocenters. The fourth-order valence-electron chi connectivity index (χ4n) is 2.60. The van der Waals surface area contributed by atoms with Crippen molar-refractivity contribution in [2.24, 2.45) is 0 Å². The van der Waals surface area contributed by atoms with Gasteiger partial charge in [0.15, 0.2) is 0 Å². The monoisotopic (exact) mass is 386 g/mol. The molecule has 0 atom stereocenters. The number of para-hydroxylation sites is 1. The molecule has 0 aliphatic heterocycles. The van der Waals surface area contributed by atoms with Gasteiger partial charge in [-0.05, 0) is 35.2 Å². The molecule has 0 saturated heterocycles. The van der Waals surface area contributed by atoms with Crippen LogP contribution in [0.4, 0.5) is 36.3 Å². The quantitative estimate of drug-likeness (QED) is 0.554. The number of aromatic nitrogens is 2. The van der Waals surface area contributed by atoms with Crippen LogP contribution in [-0.2, 0) is 11.6 Å². The highest BCUT2D eigenvalue weighted by molar-refractivity contribution is 5.63. The summed E-state index contributed by atoms with van der Waals surface area (Å²) in [5.41, 5.74) is 1.16. The highest BCUT2D eigenvalue weighted by Crippen LogP contribution is 2.36. The maximum absolute atomic E-state index is 13.4. The molecule has 0 radical (unpaired) electrons. The molecule has 0 aliphatic carbocycles. The summed E-state index contributed by atoms with van der Waals surface area (Å²) >= 11 is 0. The standard InChI is InChI=1S/C21H21F3N4/c1-20(2,3)14-8-7-11-16(12-14)26-18-17(21(22,23)24)13-25-19(28-18)27-15-9-5-4-6-10-15/h4-13H,1-3H3,(H2,25,26,27,28). The van der Waals surface area contributed by atoms with Gasteiger partial charge in [-0.2, -0.15) is 18.2 Å². The first-order valence-electron chi connectivity index (χ1n) is 8.77. The van der Waals surface area contributed by atoms with E-state index in [2.05, 4.69) is 20.6 Å². The fraction of sp³-hybridized carbons (Fsp3) is 0.238. The highest BCUT2D eigenvalue weighted by atomic mass is 19.4. The average Bonchev–Trinajstić information content (AvgIpc) is 2.61. The number of hydrogen-bond acceptors (Lipinski definition) is 4. The Bertz CT molecular complexity index is 948. The third kappa shape index (κ3) is 4.79. The molecule has 4 nitrogen and oxygen atoms in total. The molecule has 1 heterocycles. The molecule has 0 aliphatic rings. The Balaban J connectivity index is 1.96. The van der Waals surface area contributed by atoms with Crippen LogP contribution in [0.1, 0.15) is 31.9 Å². The smallest absolute Gasteiger partial charge is 0.340 e. The number of nitrogens with one attached hydrogen (secondary N) is 2. The van der Waals surface area contributed by atoms with Gasteiger partial charge in [0, 0.05) is 17.6 Å². The lowest BCUT2D eigenvalue weighted by molar-refractivity contribution is -0.137. The molecule has 146 valence electrons. The van der Waals surface area contributed by atoms with Crippen LogP contribution in [0.5, 0.6) is 0 Å². The minimum Gasteiger partial charge on any atom is -0.340 e. The number of benzene rings is 2. The van der Waals surface area contributed by atoms with Gasteiger partial charge >= 0.3 is 6.18 Å². The van der Waals surface area contributed by atoms with E-state index in [4.69, 9.17) is 0 Å². The van der Waals surface area contributed by atoms with Crippen LogP contribution in [0.25, 0.3) is 0 Å². The molecule has 2 aromatic carbocycles. The highest BCUT2D eigenvalue weighted by Gasteiger charge is 2.35. The molecular weight excluding hydrogens is 365 g/mol. The Morgan fingerprint density at radius 2 is 1.50 bits per heavy atom. The largest absolute Gasteiger partial charge is 0.421 e. The summed E-state index contributed by atoms with van der Waals surface area (Å²) in [5, 5.41) is 5.72. The van der Waals surface area contributed by atoms with Crippen molar-refractivity contribution >= 4 is 23.1 Å². The summed E-state index contributed by atoms with van der Waals surface area (Å²) in [6.07, 6.45) is -3.79. The van der Waals surface area contributed by atoms with E-state index in [0.29, 0.717) is 11.4 Å². The van der Waals surface area contributed by atoms with Crippen molar-refractivity contribution in [2.45, 2.75) is 32.4 Å². The van der Waals surface area contributed by atoms with Gasteiger partial charge in [-0.15, -0.1) is 0 Å². The van der Waals surface area contributed by atoms with Crippen LogP contribution in [-0.4, -0.2) is 9.97 Å². The van der Waals surface area contributed by atoms with E-state index < -0.39 is 11.7 Å². The Morgan fingerprint density at radius 3 is 2.14 bits per heavy atom. The van der Waals surface area contributed by atoms with Gasteiger partial charge in [0.05, 0.1) is 0 Å². The SMILES string of the molecule is CC(C)(C)c1cccc(Nc2nc(Nc3ccccc3)ncc2C(F)(F)F)c1. The van der Waals surface area contributed by atoms with Crippen LogP contribution in [0, 0.1) is 0 Å². The zero-order valence-corrected chi connectivity index (χ0v) is 15.8. The van der Waals surface area contributed by atoms with E-state index in [1.54, 1.807) is 24.3 Å². The van der Waals surface area contributed by atoms with Crippen molar-refractivity contribution in [1.82, 2.24) is 9.97 Å². The van der Waals surface area contributed by atoms with Crippen molar-refractivity contribution in [1.29, 1.82) is 0 Å². The normalized spacial score (nSPS) is 11.9. The second-order valence-corrected chi connectivity index (χ2v) is 7.40. The first-order valence-corrected chi connectivity index (χ1v) is 8.77. The van der Waals surface area contributed by atoms with Gasteiger partial charge in [-0.25, -0.2) is 4.98 Å². The Kier molecular flexibility index (Phi) is 5.27. The number of rotatable bonds is 4. The first kappa shape index (κ1) is 19.7. The molecule has 3 aromatic rings. The summed E-state index contributed by atoms with van der Waals surface area (Å²) in [7, 11) is 0. The molecule has 0 saturated carbocycles. The maximum Gasteiger partial charge on any atom is 0.421 e. The fourth-order valence-corrected chi connectivity index (χ4v) is 2.60. The lowest BCUT2D eigenvalue weighted by Crippen LogP contribution is -2.14. The third-order valence-electron chi connectivity index (χ3n) is 4.12. The van der Waals surface area contributed by atoms with Crippen molar-refractivity contribution in [2.75, 3.05) is 10.6 Å². The van der Waals surface area contributed by atoms with Gasteiger partial charge in [0.25, 0.3) is 0 Å². The second kappa shape index (κ2) is 7.50. The number of hydrogen-bond donors (Lipinski definition) is 2. The van der Waals surface area contributed by atoms with E-state index in [-0.39, 0.29) is 17.2 Å². The molecule has 0 spiro atoms. The van der Waals surface area contributed by atoms with Gasteiger partial charge in [0.1, 0.15) is 11.4 Å². The molecule has 0 fully saturated rings. The lowest BCUT2D eigenvalue weighted by atomic mass is 9.87. The van der Waals surface area contributed by atoms with Crippen LogP contribution in [0.2, 0.25) is 0 Å². The predicted molar refractivity (Wildman–Crippen MR) is 105 cm³/mol. The van der Waals surface area contributed by atoms with Gasteiger partial charge in [-0.3, -0.25) is 0 Å². The van der Waals surface area contributed by atoms with Gasteiger partial charge in [-0.1, -0.05) is 51.1 Å². The van der Waals surface area contributed by atoms with E-state index in [1.807, 2.05) is 51.1 Å². The lowest BCUT2D eigenvalue weighted by Gasteiger charge is -2.20. The first-order chi connectivity index (χ1) is 13.1. The number of nitrogens with zero attached hydrogens (tertiary/aromatic N) is 2. The van der Waals surface area contributed by atoms with E-state index in [0.717, 1.165) is 11.8 Å². The zero-order chi connectivity index (χ0) is 20.4. The molecular formula is C21H21F3N4. The van der Waals surface area contributed by atoms with Crippen molar-refractivity contribution in [3.8, 4) is 0 Å². The number of alkyl halides is 3. The van der Waals surface area contributed by atoms with E-state index in [9.17, 15) is 13.2 Å². The summed E-state index contributed by atoms with van der Waals surface area (Å²) in [4.78, 5) is 7.89. The summed E-state index contributed by atoms with van der Waals surface area (Å²) in [5.74, 6) is -0.222. The minimum atomic E-state index is -4.57. The number of anilines is 4. The maximum atomic E-state index is 13.4. The average molecular weight is 386 g/mol. The van der Waals surface area contributed by atoms with Crippen LogP contribution in [0.15, 0.2) is 60.8 Å². The Morgan fingerprint density at radius 1 is 0.821 bits per heavy atom. The molecule has 1 aromatic heterocycles. The molecule has 2 N–H and O–H groups in total. The van der Waals surface area contributed by atoms with Crippen LogP contribution in [0.3, 0.4) is 0 Å². The summed E-state index contributed by atoms with van der Waals surface area (Å²) in [6, 6.07) is 16.3. The molecule has 3 rings (SSSR count). The van der Waals surface area contributed by atoms with Crippen molar-refractivity contribution in [3.05, 3.63) is 71.9 Å². The van der Waals surface area contributed by atoms with E-state index in [1.165, 1.54) is 0 Å². The molecule has 28 heavy (non-hydrogen) atoms. The predicted octanol–water partition coefficient (Wildman–Crippen LogP) is 6.28. The van der Waals surface area contributed by atoms with Crippen molar-refractivity contribution in [3.63, 3.8) is 0 Å². The minimum absolute atomic E-state index is 0.0775. The van der Waals surface area contributed by atoms with Crippen molar-refractivity contribution < 1.29 is 13.2 Å². The third-order valence-corrected chi connectivity index (χ3v) is 4.12. The molecule has 0 amide bonds. The number of halogens is 3. The summed E-state index contributed by atoms with van der Waals surface area (Å²) in [6.45, 7) is 6.12. The Hall–Kier alpha value is -3.09. The zero-order valence-electron chi connectivity index (χ0n) is 15.8. The molecule has 7 heteroatoms. The van der Waals surface area contributed by atoms with Gasteiger partial charge < -0.3 is 10.6 Å². The molecule has 0 bridgehead atoms. The van der Waals surface area contributed by atoms with Gasteiger partial charge in [0.2, 0.25) is 5.95 Å². The van der Waals surface area contributed by atoms with E-state index >= 15 is 0 Å².